The van der Waals surface area contributed by atoms with E-state index < -0.39 is 20.2 Å². The van der Waals surface area contributed by atoms with Gasteiger partial charge in [0.2, 0.25) is 0 Å². The summed E-state index contributed by atoms with van der Waals surface area (Å²) in [6.07, 6.45) is 0.909. The fraction of sp³-hybridized carbons (Fsp3) is 0.875. The molecule has 0 aromatic heterocycles. The number of hydrogen-bond donors (Lipinski definition) is 2. The van der Waals surface area contributed by atoms with E-state index in [4.69, 9.17) is 9.11 Å². The Hall–Kier alpha value is -0.510. The predicted molar refractivity (Wildman–Crippen MR) is 64.7 cm³/mol. The Morgan fingerprint density at radius 1 is 1.00 bits per heavy atom. The van der Waals surface area contributed by atoms with E-state index in [1.807, 2.05) is 0 Å². The summed E-state index contributed by atoms with van der Waals surface area (Å²) in [6.45, 7) is 1.95. The second-order valence-electron chi connectivity index (χ2n) is 3.65. The number of nitrogens with zero attached hydrogens (tertiary/aromatic N) is 1. The Morgan fingerprint density at radius 3 is 1.94 bits per heavy atom. The molecule has 17 heavy (non-hydrogen) atoms. The van der Waals surface area contributed by atoms with Crippen LogP contribution in [0, 0.1) is 0 Å². The first-order chi connectivity index (χ1) is 7.60. The normalized spacial score (nSPS) is 13.9. The zero-order chi connectivity index (χ0) is 13.5. The number of rotatable bonds is 8. The minimum absolute atomic E-state index is 0.217. The fourth-order valence-corrected chi connectivity index (χ4v) is 2.11. The highest BCUT2D eigenvalue weighted by Crippen LogP contribution is 1.98. The van der Waals surface area contributed by atoms with Crippen LogP contribution in [-0.2, 0) is 20.2 Å². The van der Waals surface area contributed by atoms with E-state index in [0.29, 0.717) is 12.1 Å². The molecule has 7 nitrogen and oxygen atoms in total. The molecule has 0 aliphatic heterocycles. The van der Waals surface area contributed by atoms with Crippen molar-refractivity contribution in [1.82, 2.24) is 0 Å². The van der Waals surface area contributed by atoms with E-state index in [-0.39, 0.29) is 30.9 Å². The minimum Gasteiger partial charge on any atom is -0.294 e. The Labute approximate surface area is 101 Å². The Kier molecular flexibility index (Phi) is 6.83. The second kappa shape index (κ2) is 7.04. The Bertz CT molecular complexity index is 450. The lowest BCUT2D eigenvalue weighted by Crippen LogP contribution is -2.07. The summed E-state index contributed by atoms with van der Waals surface area (Å²) in [5, 5.41) is 0. The van der Waals surface area contributed by atoms with Crippen LogP contribution in [0.3, 0.4) is 0 Å². The summed E-state index contributed by atoms with van der Waals surface area (Å²) in [5.74, 6) is -0.653. The third-order valence-electron chi connectivity index (χ3n) is 1.88. The van der Waals surface area contributed by atoms with Crippen LogP contribution in [0.15, 0.2) is 4.99 Å². The van der Waals surface area contributed by atoms with Crippen molar-refractivity contribution in [2.45, 2.75) is 26.2 Å². The van der Waals surface area contributed by atoms with Crippen molar-refractivity contribution in [2.24, 2.45) is 4.99 Å². The lowest BCUT2D eigenvalue weighted by molar-refractivity contribution is 0.479. The molecule has 0 saturated heterocycles. The highest BCUT2D eigenvalue weighted by Gasteiger charge is 2.05. The van der Waals surface area contributed by atoms with E-state index in [0.717, 1.165) is 0 Å². The van der Waals surface area contributed by atoms with Crippen LogP contribution < -0.4 is 0 Å². The highest BCUT2D eigenvalue weighted by atomic mass is 32.2. The van der Waals surface area contributed by atoms with Crippen molar-refractivity contribution in [3.05, 3.63) is 0 Å². The van der Waals surface area contributed by atoms with Gasteiger partial charge in [-0.3, -0.25) is 14.1 Å². The van der Waals surface area contributed by atoms with Gasteiger partial charge < -0.3 is 0 Å². The van der Waals surface area contributed by atoms with E-state index in [1.165, 1.54) is 0 Å². The maximum Gasteiger partial charge on any atom is 0.264 e. The molecule has 102 valence electrons. The average molecular weight is 287 g/mol. The predicted octanol–water partition coefficient (Wildman–Crippen LogP) is 0.393. The van der Waals surface area contributed by atoms with E-state index >= 15 is 0 Å². The molecule has 0 radical (unpaired) electrons. The summed E-state index contributed by atoms with van der Waals surface area (Å²) in [7, 11) is -7.87. The monoisotopic (exact) mass is 287 g/mol. The summed E-state index contributed by atoms with van der Waals surface area (Å²) >= 11 is 0. The molecule has 0 atom stereocenters. The van der Waals surface area contributed by atoms with Crippen molar-refractivity contribution in [1.29, 1.82) is 0 Å². The Balaban J connectivity index is 3.80. The van der Waals surface area contributed by atoms with E-state index in [1.54, 1.807) is 6.92 Å². The van der Waals surface area contributed by atoms with Gasteiger partial charge in [-0.05, 0) is 26.2 Å². The van der Waals surface area contributed by atoms with Crippen molar-refractivity contribution >= 4 is 25.9 Å². The molecular formula is C8H17NO6S2. The van der Waals surface area contributed by atoms with Gasteiger partial charge in [-0.15, -0.1) is 0 Å². The van der Waals surface area contributed by atoms with Gasteiger partial charge in [0, 0.05) is 12.3 Å². The van der Waals surface area contributed by atoms with Crippen LogP contribution in [-0.4, -0.2) is 49.7 Å². The summed E-state index contributed by atoms with van der Waals surface area (Å²) in [4.78, 5) is 4.01. The van der Waals surface area contributed by atoms with Crippen LogP contribution in [0.2, 0.25) is 0 Å². The number of aliphatic imine (C=N–C) groups is 1. The van der Waals surface area contributed by atoms with Gasteiger partial charge in [0.1, 0.15) is 0 Å². The molecule has 0 aromatic rings. The van der Waals surface area contributed by atoms with Gasteiger partial charge in [0.15, 0.2) is 0 Å². The standard InChI is InChI=1S/C8H17NO6S2/c1-8(4-2-6-16(10,11)12)9-5-3-7-17(13,14)15/h2-7H2,1H3,(H,10,11,12)(H,13,14,15). The van der Waals surface area contributed by atoms with E-state index in [9.17, 15) is 16.8 Å². The molecule has 0 unspecified atom stereocenters. The smallest absolute Gasteiger partial charge is 0.264 e. The second-order valence-corrected chi connectivity index (χ2v) is 6.79. The zero-order valence-electron chi connectivity index (χ0n) is 9.53. The maximum atomic E-state index is 10.4. The van der Waals surface area contributed by atoms with Crippen LogP contribution in [0.1, 0.15) is 26.2 Å². The maximum absolute atomic E-state index is 10.4. The summed E-state index contributed by atoms with van der Waals surface area (Å²) in [5.41, 5.74) is 0.684. The van der Waals surface area contributed by atoms with E-state index in [2.05, 4.69) is 4.99 Å². The van der Waals surface area contributed by atoms with Gasteiger partial charge in [0.05, 0.1) is 11.5 Å². The quantitative estimate of drug-likeness (QED) is 0.378. The highest BCUT2D eigenvalue weighted by molar-refractivity contribution is 7.86. The first-order valence-corrected chi connectivity index (χ1v) is 8.22. The summed E-state index contributed by atoms with van der Waals surface area (Å²) in [6, 6.07) is 0. The van der Waals surface area contributed by atoms with Gasteiger partial charge in [-0.1, -0.05) is 0 Å². The molecule has 0 rings (SSSR count). The van der Waals surface area contributed by atoms with Crippen LogP contribution >= 0.6 is 0 Å². The first kappa shape index (κ1) is 16.5. The largest absolute Gasteiger partial charge is 0.294 e. The van der Waals surface area contributed by atoms with Crippen molar-refractivity contribution < 1.29 is 25.9 Å². The molecule has 9 heteroatoms. The molecule has 0 amide bonds. The molecule has 0 heterocycles. The van der Waals surface area contributed by atoms with Crippen LogP contribution in [0.25, 0.3) is 0 Å². The van der Waals surface area contributed by atoms with Gasteiger partial charge in [-0.25, -0.2) is 0 Å². The van der Waals surface area contributed by atoms with Crippen molar-refractivity contribution in [3.63, 3.8) is 0 Å². The molecule has 0 fully saturated rings. The average Bonchev–Trinajstić information content (AvgIpc) is 2.09. The molecule has 0 aliphatic rings. The first-order valence-electron chi connectivity index (χ1n) is 5.00. The van der Waals surface area contributed by atoms with Crippen LogP contribution in [0.5, 0.6) is 0 Å². The van der Waals surface area contributed by atoms with Crippen molar-refractivity contribution in [2.75, 3.05) is 18.1 Å². The minimum atomic E-state index is -3.94. The van der Waals surface area contributed by atoms with Crippen molar-refractivity contribution in [3.8, 4) is 0 Å². The fourth-order valence-electron chi connectivity index (χ4n) is 1.11. The lowest BCUT2D eigenvalue weighted by Gasteiger charge is -2.00. The molecule has 2 N–H and O–H groups in total. The van der Waals surface area contributed by atoms with Gasteiger partial charge in [0.25, 0.3) is 20.2 Å². The molecule has 0 aliphatic carbocycles. The third kappa shape index (κ3) is 13.4. The Morgan fingerprint density at radius 2 is 1.47 bits per heavy atom. The third-order valence-corrected chi connectivity index (χ3v) is 3.49. The molecular weight excluding hydrogens is 270 g/mol. The topological polar surface area (TPSA) is 121 Å². The van der Waals surface area contributed by atoms with Gasteiger partial charge >= 0.3 is 0 Å². The van der Waals surface area contributed by atoms with Crippen LogP contribution in [0.4, 0.5) is 0 Å². The zero-order valence-corrected chi connectivity index (χ0v) is 11.2. The molecule has 0 bridgehead atoms. The number of hydrogen-bond acceptors (Lipinski definition) is 5. The lowest BCUT2D eigenvalue weighted by atomic mass is 10.2. The molecule has 0 aromatic carbocycles. The summed E-state index contributed by atoms with van der Waals surface area (Å²) < 4.78 is 58.5. The van der Waals surface area contributed by atoms with Gasteiger partial charge in [-0.2, -0.15) is 16.8 Å². The molecule has 0 saturated carbocycles. The molecule has 0 spiro atoms. The SMILES string of the molecule is CC(CCCS(=O)(=O)O)=NCCCS(=O)(=O)O.